The van der Waals surface area contributed by atoms with Crippen molar-refractivity contribution in [3.8, 4) is 11.3 Å². The summed E-state index contributed by atoms with van der Waals surface area (Å²) >= 11 is 0. The second kappa shape index (κ2) is 9.80. The lowest BCUT2D eigenvalue weighted by Gasteiger charge is -2.29. The number of Topliss-reactive ketones (excluding diaryl/α,β-unsaturated/α-hetero) is 1. The first-order chi connectivity index (χ1) is 16.0. The lowest BCUT2D eigenvalue weighted by Crippen LogP contribution is -2.38. The molecular formula is C24H27ClN6O3. The largest absolute Gasteiger partial charge is 0.349 e. The number of aromatic nitrogens is 4. The summed E-state index contributed by atoms with van der Waals surface area (Å²) in [5.74, 6) is -1.34. The summed E-state index contributed by atoms with van der Waals surface area (Å²) in [6.07, 6.45) is 4.63. The normalized spacial score (nSPS) is 19.5. The van der Waals surface area contributed by atoms with Gasteiger partial charge in [-0.15, -0.1) is 12.4 Å². The Balaban J connectivity index is 0.00000274. The zero-order valence-corrected chi connectivity index (χ0v) is 19.7. The number of anilines is 1. The number of hydrogen-bond acceptors (Lipinski definition) is 5. The fraction of sp³-hybridized carbons (Fsp3) is 0.375. The van der Waals surface area contributed by atoms with E-state index in [0.29, 0.717) is 42.9 Å². The molecule has 178 valence electrons. The number of ketones is 1. The average Bonchev–Trinajstić information content (AvgIpc) is 3.46. The van der Waals surface area contributed by atoms with Crippen LogP contribution in [0.15, 0.2) is 36.5 Å². The van der Waals surface area contributed by atoms with E-state index in [-0.39, 0.29) is 30.0 Å². The molecule has 0 bridgehead atoms. The van der Waals surface area contributed by atoms with E-state index < -0.39 is 11.8 Å². The first-order valence-electron chi connectivity index (χ1n) is 11.3. The Morgan fingerprint density at radius 2 is 1.85 bits per heavy atom. The molecular weight excluding hydrogens is 456 g/mol. The fourth-order valence-electron chi connectivity index (χ4n) is 4.81. The predicted molar refractivity (Wildman–Crippen MR) is 129 cm³/mol. The Morgan fingerprint density at radius 3 is 2.56 bits per heavy atom. The van der Waals surface area contributed by atoms with E-state index in [1.807, 2.05) is 37.3 Å². The first-order valence-corrected chi connectivity index (χ1v) is 11.3. The lowest BCUT2D eigenvalue weighted by atomic mass is 9.75. The van der Waals surface area contributed by atoms with E-state index in [1.54, 1.807) is 4.68 Å². The van der Waals surface area contributed by atoms with Crippen LogP contribution in [0.25, 0.3) is 11.3 Å². The maximum atomic E-state index is 13.4. The van der Waals surface area contributed by atoms with Crippen LogP contribution in [0.1, 0.15) is 52.2 Å². The third kappa shape index (κ3) is 4.48. The molecule has 34 heavy (non-hydrogen) atoms. The number of carbonyl (C=O) groups is 3. The Morgan fingerprint density at radius 1 is 1.12 bits per heavy atom. The number of nitrogens with zero attached hydrogens (tertiary/aromatic N) is 3. The van der Waals surface area contributed by atoms with Crippen molar-refractivity contribution in [2.24, 2.45) is 11.8 Å². The number of halogens is 1. The van der Waals surface area contributed by atoms with E-state index in [1.165, 1.54) is 6.20 Å². The molecule has 0 spiro atoms. The van der Waals surface area contributed by atoms with Gasteiger partial charge in [0.2, 0.25) is 5.91 Å². The van der Waals surface area contributed by atoms with E-state index in [9.17, 15) is 14.4 Å². The topological polar surface area (TPSA) is 122 Å². The van der Waals surface area contributed by atoms with E-state index in [4.69, 9.17) is 0 Å². The molecule has 1 aromatic carbocycles. The summed E-state index contributed by atoms with van der Waals surface area (Å²) in [5, 5.41) is 17.0. The minimum Gasteiger partial charge on any atom is -0.349 e. The molecule has 2 aliphatic rings. The highest BCUT2D eigenvalue weighted by molar-refractivity contribution is 6.06. The van der Waals surface area contributed by atoms with Gasteiger partial charge in [-0.2, -0.15) is 10.2 Å². The molecule has 3 heterocycles. The summed E-state index contributed by atoms with van der Waals surface area (Å²) in [4.78, 5) is 38.8. The number of fused-ring (bicyclic) bond motifs is 1. The lowest BCUT2D eigenvalue weighted by molar-refractivity contribution is -0.122. The summed E-state index contributed by atoms with van der Waals surface area (Å²) in [7, 11) is 0. The monoisotopic (exact) mass is 482 g/mol. The molecule has 1 saturated carbocycles. The first kappa shape index (κ1) is 23.7. The Bertz CT molecular complexity index is 1220. The van der Waals surface area contributed by atoms with Gasteiger partial charge in [0, 0.05) is 35.2 Å². The highest BCUT2D eigenvalue weighted by Gasteiger charge is 2.37. The molecule has 5 rings (SSSR count). The summed E-state index contributed by atoms with van der Waals surface area (Å²) < 4.78 is 1.60. The van der Waals surface area contributed by atoms with Crippen molar-refractivity contribution in [2.45, 2.75) is 39.2 Å². The third-order valence-electron chi connectivity index (χ3n) is 6.53. The third-order valence-corrected chi connectivity index (χ3v) is 6.53. The standard InChI is InChI=1S/C24H26N6O3.ClH/c1-14-12-19(29-28-14)15-6-8-16(9-7-15)22(31)17-4-2-3-5-18(17)23(32)27-20-13-26-30-11-10-25-24(33)21(20)30;/h6-9,12-13,17-18H,2-5,10-11H2,1H3,(H,25,33)(H,27,32)(H,28,29);1H/t17-,18-;/m1./s1. The van der Waals surface area contributed by atoms with Crippen LogP contribution in [0.4, 0.5) is 5.69 Å². The van der Waals surface area contributed by atoms with Gasteiger partial charge in [-0.1, -0.05) is 37.1 Å². The van der Waals surface area contributed by atoms with Crippen molar-refractivity contribution < 1.29 is 14.4 Å². The molecule has 1 fully saturated rings. The molecule has 1 aliphatic carbocycles. The number of rotatable bonds is 5. The van der Waals surface area contributed by atoms with Crippen molar-refractivity contribution in [3.63, 3.8) is 0 Å². The fourth-order valence-corrected chi connectivity index (χ4v) is 4.81. The number of aryl methyl sites for hydroxylation is 1. The molecule has 0 radical (unpaired) electrons. The number of hydrogen-bond donors (Lipinski definition) is 3. The van der Waals surface area contributed by atoms with Gasteiger partial charge in [-0.25, -0.2) is 0 Å². The number of amides is 2. The SMILES string of the molecule is Cc1cc(-c2ccc(C(=O)[C@@H]3CCCC[C@H]3C(=O)Nc3cnn4c3C(=O)NCC4)cc2)n[nH]1.Cl. The van der Waals surface area contributed by atoms with E-state index in [0.717, 1.165) is 29.8 Å². The van der Waals surface area contributed by atoms with Gasteiger partial charge >= 0.3 is 0 Å². The predicted octanol–water partition coefficient (Wildman–Crippen LogP) is 3.37. The number of H-pyrrole nitrogens is 1. The average molecular weight is 483 g/mol. The van der Waals surface area contributed by atoms with Crippen molar-refractivity contribution >= 4 is 35.7 Å². The second-order valence-corrected chi connectivity index (χ2v) is 8.75. The van der Waals surface area contributed by atoms with Gasteiger partial charge in [0.1, 0.15) is 5.69 Å². The van der Waals surface area contributed by atoms with Crippen molar-refractivity contribution in [1.82, 2.24) is 25.3 Å². The van der Waals surface area contributed by atoms with Crippen LogP contribution < -0.4 is 10.6 Å². The molecule has 9 nitrogen and oxygen atoms in total. The van der Waals surface area contributed by atoms with Gasteiger partial charge in [-0.3, -0.25) is 24.2 Å². The maximum Gasteiger partial charge on any atom is 0.271 e. The maximum absolute atomic E-state index is 13.4. The van der Waals surface area contributed by atoms with Crippen LogP contribution in [0, 0.1) is 18.8 Å². The Kier molecular flexibility index (Phi) is 6.83. The zero-order chi connectivity index (χ0) is 22.9. The molecule has 2 aromatic heterocycles. The zero-order valence-electron chi connectivity index (χ0n) is 18.8. The van der Waals surface area contributed by atoms with E-state index in [2.05, 4.69) is 25.9 Å². The van der Waals surface area contributed by atoms with Gasteiger partial charge < -0.3 is 10.6 Å². The molecule has 10 heteroatoms. The minimum absolute atomic E-state index is 0. The summed E-state index contributed by atoms with van der Waals surface area (Å²) in [5.41, 5.74) is 4.08. The molecule has 2 amide bonds. The molecule has 2 atom stereocenters. The number of benzene rings is 1. The quantitative estimate of drug-likeness (QED) is 0.481. The number of carbonyl (C=O) groups excluding carboxylic acids is 3. The van der Waals surface area contributed by atoms with Crippen molar-refractivity contribution in [1.29, 1.82) is 0 Å². The van der Waals surface area contributed by atoms with Crippen LogP contribution in [0.5, 0.6) is 0 Å². The minimum atomic E-state index is -0.442. The van der Waals surface area contributed by atoms with Gasteiger partial charge in [0.25, 0.3) is 5.91 Å². The van der Waals surface area contributed by atoms with Gasteiger partial charge in [0.05, 0.1) is 24.1 Å². The van der Waals surface area contributed by atoms with Crippen LogP contribution >= 0.6 is 12.4 Å². The van der Waals surface area contributed by atoms with Gasteiger partial charge in [0.15, 0.2) is 5.78 Å². The Labute approximate surface area is 203 Å². The number of nitrogens with one attached hydrogen (secondary N) is 3. The van der Waals surface area contributed by atoms with Crippen LogP contribution in [0.2, 0.25) is 0 Å². The second-order valence-electron chi connectivity index (χ2n) is 8.75. The molecule has 0 unspecified atom stereocenters. The van der Waals surface area contributed by atoms with E-state index >= 15 is 0 Å². The summed E-state index contributed by atoms with van der Waals surface area (Å²) in [6.45, 7) is 3.02. The smallest absolute Gasteiger partial charge is 0.271 e. The molecule has 1 aliphatic heterocycles. The number of aromatic amines is 1. The summed E-state index contributed by atoms with van der Waals surface area (Å²) in [6, 6.07) is 9.35. The molecule has 0 saturated heterocycles. The molecule has 3 N–H and O–H groups in total. The molecule has 3 aromatic rings. The highest BCUT2D eigenvalue weighted by Crippen LogP contribution is 2.34. The van der Waals surface area contributed by atoms with Crippen molar-refractivity contribution in [2.75, 3.05) is 11.9 Å². The van der Waals surface area contributed by atoms with Crippen LogP contribution in [0.3, 0.4) is 0 Å². The van der Waals surface area contributed by atoms with Crippen LogP contribution in [-0.4, -0.2) is 44.1 Å². The van der Waals surface area contributed by atoms with Gasteiger partial charge in [-0.05, 0) is 25.8 Å². The van der Waals surface area contributed by atoms with Crippen LogP contribution in [-0.2, 0) is 11.3 Å². The highest BCUT2D eigenvalue weighted by atomic mass is 35.5. The Hall–Kier alpha value is -3.46. The van der Waals surface area contributed by atoms with Crippen molar-refractivity contribution in [3.05, 3.63) is 53.5 Å².